The molecule has 0 radical (unpaired) electrons. The topological polar surface area (TPSA) is 61.5 Å². The van der Waals surface area contributed by atoms with Gasteiger partial charge in [-0.3, -0.25) is 4.40 Å². The van der Waals surface area contributed by atoms with Gasteiger partial charge < -0.3 is 9.47 Å². The molecule has 102 valence electrons. The second kappa shape index (κ2) is 4.97. The van der Waals surface area contributed by atoms with Gasteiger partial charge in [-0.05, 0) is 18.2 Å². The third kappa shape index (κ3) is 2.04. The summed E-state index contributed by atoms with van der Waals surface area (Å²) in [7, 11) is 3.21. The van der Waals surface area contributed by atoms with Crippen molar-refractivity contribution in [2.24, 2.45) is 0 Å². The van der Waals surface area contributed by atoms with E-state index in [0.29, 0.717) is 28.1 Å². The van der Waals surface area contributed by atoms with Gasteiger partial charge in [0, 0.05) is 6.07 Å². The molecule has 0 bridgehead atoms. The van der Waals surface area contributed by atoms with Gasteiger partial charge in [0.2, 0.25) is 0 Å². The largest absolute Gasteiger partial charge is 0.497 e. The summed E-state index contributed by atoms with van der Waals surface area (Å²) in [5, 5.41) is 8.62. The van der Waals surface area contributed by atoms with Crippen LogP contribution in [0.4, 0.5) is 0 Å². The smallest absolute Gasteiger partial charge is 0.173 e. The maximum atomic E-state index is 5.84. The number of halogens is 1. The lowest BCUT2D eigenvalue weighted by Gasteiger charge is -2.09. The van der Waals surface area contributed by atoms with Crippen LogP contribution in [0.5, 0.6) is 11.5 Å². The van der Waals surface area contributed by atoms with Gasteiger partial charge in [0.05, 0.1) is 19.8 Å². The Morgan fingerprint density at radius 3 is 2.70 bits per heavy atom. The van der Waals surface area contributed by atoms with Crippen LogP contribution in [-0.2, 0) is 0 Å². The van der Waals surface area contributed by atoms with E-state index in [1.54, 1.807) is 31.0 Å². The molecule has 0 fully saturated rings. The maximum Gasteiger partial charge on any atom is 0.173 e. The van der Waals surface area contributed by atoms with Gasteiger partial charge in [-0.1, -0.05) is 11.6 Å². The summed E-state index contributed by atoms with van der Waals surface area (Å²) in [5.41, 5.74) is 1.38. The van der Waals surface area contributed by atoms with Crippen LogP contribution in [0, 0.1) is 0 Å². The molecule has 6 nitrogen and oxygen atoms in total. The van der Waals surface area contributed by atoms with Crippen LogP contribution in [-0.4, -0.2) is 33.8 Å². The summed E-state index contributed by atoms with van der Waals surface area (Å²) in [4.78, 5) is 4.04. The van der Waals surface area contributed by atoms with Gasteiger partial charge in [0.15, 0.2) is 11.5 Å². The molecule has 3 rings (SSSR count). The zero-order chi connectivity index (χ0) is 14.1. The monoisotopic (exact) mass is 290 g/mol. The van der Waals surface area contributed by atoms with Crippen molar-refractivity contribution in [2.45, 2.75) is 0 Å². The van der Waals surface area contributed by atoms with Crippen molar-refractivity contribution in [3.05, 3.63) is 35.7 Å². The summed E-state index contributed by atoms with van der Waals surface area (Å²) < 4.78 is 12.3. The minimum absolute atomic E-state index is 0.369. The van der Waals surface area contributed by atoms with Gasteiger partial charge in [-0.2, -0.15) is 0 Å². The van der Waals surface area contributed by atoms with E-state index in [9.17, 15) is 0 Å². The molecule has 1 aromatic carbocycles. The molecule has 0 unspecified atom stereocenters. The van der Waals surface area contributed by atoms with Crippen molar-refractivity contribution in [1.29, 1.82) is 0 Å². The average molecular weight is 291 g/mol. The first-order valence-electron chi connectivity index (χ1n) is 5.81. The summed E-state index contributed by atoms with van der Waals surface area (Å²) in [6.45, 7) is 0. The molecule has 0 spiro atoms. The zero-order valence-electron chi connectivity index (χ0n) is 10.9. The number of hydrogen-bond acceptors (Lipinski definition) is 5. The third-order valence-corrected chi connectivity index (χ3v) is 3.12. The Morgan fingerprint density at radius 2 is 1.95 bits per heavy atom. The van der Waals surface area contributed by atoms with Crippen molar-refractivity contribution >= 4 is 17.2 Å². The fourth-order valence-electron chi connectivity index (χ4n) is 1.94. The fraction of sp³-hybridized carbons (Fsp3) is 0.154. The van der Waals surface area contributed by atoms with Gasteiger partial charge in [0.1, 0.15) is 23.0 Å². The molecule has 0 aliphatic heterocycles. The minimum Gasteiger partial charge on any atom is -0.497 e. The van der Waals surface area contributed by atoms with E-state index in [0.717, 1.165) is 5.56 Å². The van der Waals surface area contributed by atoms with Crippen molar-refractivity contribution in [3.8, 4) is 22.9 Å². The highest BCUT2D eigenvalue weighted by Crippen LogP contribution is 2.32. The Bertz CT molecular complexity index is 772. The number of benzene rings is 1. The van der Waals surface area contributed by atoms with Crippen LogP contribution in [0.2, 0.25) is 5.15 Å². The molecule has 0 saturated carbocycles. The van der Waals surface area contributed by atoms with Crippen molar-refractivity contribution in [2.75, 3.05) is 14.2 Å². The highest BCUT2D eigenvalue weighted by molar-refractivity contribution is 6.29. The van der Waals surface area contributed by atoms with Gasteiger partial charge in [-0.15, -0.1) is 10.2 Å². The molecule has 0 aliphatic carbocycles. The Kier molecular flexibility index (Phi) is 3.15. The molecule has 0 aliphatic rings. The predicted octanol–water partition coefficient (Wildman–Crippen LogP) is 2.46. The van der Waals surface area contributed by atoms with E-state index >= 15 is 0 Å². The van der Waals surface area contributed by atoms with E-state index in [1.807, 2.05) is 18.2 Å². The molecule has 2 aromatic heterocycles. The molecule has 0 atom stereocenters. The van der Waals surface area contributed by atoms with Crippen LogP contribution >= 0.6 is 11.6 Å². The Labute approximate surface area is 119 Å². The van der Waals surface area contributed by atoms with E-state index in [1.165, 1.54) is 0 Å². The highest BCUT2D eigenvalue weighted by Gasteiger charge is 2.14. The maximum absolute atomic E-state index is 5.84. The Morgan fingerprint density at radius 1 is 1.10 bits per heavy atom. The summed E-state index contributed by atoms with van der Waals surface area (Å²) in [6, 6.07) is 7.12. The number of rotatable bonds is 3. The van der Waals surface area contributed by atoms with Gasteiger partial charge in [-0.25, -0.2) is 4.98 Å². The molecule has 3 aromatic rings. The predicted molar refractivity (Wildman–Crippen MR) is 74.3 cm³/mol. The first-order chi connectivity index (χ1) is 9.72. The van der Waals surface area contributed by atoms with Crippen molar-refractivity contribution in [1.82, 2.24) is 19.6 Å². The SMILES string of the molecule is COc1ccc(OC)c(-c2nnc3cc(Cl)ncn23)c1. The highest BCUT2D eigenvalue weighted by atomic mass is 35.5. The number of ether oxygens (including phenoxy) is 2. The Hall–Kier alpha value is -2.34. The zero-order valence-corrected chi connectivity index (χ0v) is 11.6. The molecule has 0 N–H and O–H groups in total. The van der Waals surface area contributed by atoms with Crippen LogP contribution in [0.15, 0.2) is 30.6 Å². The van der Waals surface area contributed by atoms with Crippen LogP contribution < -0.4 is 9.47 Å². The first kappa shape index (κ1) is 12.7. The number of nitrogens with zero attached hydrogens (tertiary/aromatic N) is 4. The molecule has 0 saturated heterocycles. The number of methoxy groups -OCH3 is 2. The minimum atomic E-state index is 0.369. The fourth-order valence-corrected chi connectivity index (χ4v) is 2.09. The molecule has 2 heterocycles. The standard InChI is InChI=1S/C13H11ClN4O2/c1-19-8-3-4-10(20-2)9(5-8)13-17-16-12-6-11(14)15-7-18(12)13/h3-7H,1-2H3. The van der Waals surface area contributed by atoms with Crippen LogP contribution in [0.25, 0.3) is 17.0 Å². The van der Waals surface area contributed by atoms with Gasteiger partial charge in [0.25, 0.3) is 0 Å². The lowest BCUT2D eigenvalue weighted by atomic mass is 10.1. The summed E-state index contributed by atoms with van der Waals surface area (Å²) in [5.74, 6) is 1.99. The van der Waals surface area contributed by atoms with Crippen LogP contribution in [0.1, 0.15) is 0 Å². The molecular formula is C13H11ClN4O2. The van der Waals surface area contributed by atoms with Gasteiger partial charge >= 0.3 is 0 Å². The van der Waals surface area contributed by atoms with E-state index < -0.39 is 0 Å². The second-order valence-corrected chi connectivity index (χ2v) is 4.42. The van der Waals surface area contributed by atoms with Crippen LogP contribution in [0.3, 0.4) is 0 Å². The molecular weight excluding hydrogens is 280 g/mol. The second-order valence-electron chi connectivity index (χ2n) is 4.03. The average Bonchev–Trinajstić information content (AvgIpc) is 2.89. The number of hydrogen-bond donors (Lipinski definition) is 0. The van der Waals surface area contributed by atoms with Crippen molar-refractivity contribution in [3.63, 3.8) is 0 Å². The van der Waals surface area contributed by atoms with E-state index in [-0.39, 0.29) is 0 Å². The molecule has 0 amide bonds. The normalized spacial score (nSPS) is 10.8. The lowest BCUT2D eigenvalue weighted by Crippen LogP contribution is -1.95. The lowest BCUT2D eigenvalue weighted by molar-refractivity contribution is 0.404. The van der Waals surface area contributed by atoms with E-state index in [2.05, 4.69) is 15.2 Å². The summed E-state index contributed by atoms with van der Waals surface area (Å²) >= 11 is 5.84. The first-order valence-corrected chi connectivity index (χ1v) is 6.19. The number of aromatic nitrogens is 4. The third-order valence-electron chi connectivity index (χ3n) is 2.91. The van der Waals surface area contributed by atoms with Crippen molar-refractivity contribution < 1.29 is 9.47 Å². The quantitative estimate of drug-likeness (QED) is 0.693. The number of fused-ring (bicyclic) bond motifs is 1. The summed E-state index contributed by atoms with van der Waals surface area (Å²) in [6.07, 6.45) is 1.58. The Balaban J connectivity index is 2.24. The molecule has 7 heteroatoms. The van der Waals surface area contributed by atoms with E-state index in [4.69, 9.17) is 21.1 Å². The molecule has 20 heavy (non-hydrogen) atoms.